The van der Waals surface area contributed by atoms with Crippen molar-refractivity contribution < 1.29 is 0 Å². The molecule has 0 fully saturated rings. The van der Waals surface area contributed by atoms with Crippen LogP contribution in [0.2, 0.25) is 0 Å². The van der Waals surface area contributed by atoms with Gasteiger partial charge in [0, 0.05) is 13.1 Å². The zero-order chi connectivity index (χ0) is 11.1. The van der Waals surface area contributed by atoms with Gasteiger partial charge in [-0.15, -0.1) is 0 Å². The van der Waals surface area contributed by atoms with E-state index in [9.17, 15) is 0 Å². The molecule has 3 nitrogen and oxygen atoms in total. The van der Waals surface area contributed by atoms with Gasteiger partial charge in [0.1, 0.15) is 5.82 Å². The van der Waals surface area contributed by atoms with Crippen molar-refractivity contribution in [1.29, 1.82) is 0 Å². The second-order valence-electron chi connectivity index (χ2n) is 3.78. The highest BCUT2D eigenvalue weighted by molar-refractivity contribution is 5.34. The van der Waals surface area contributed by atoms with E-state index >= 15 is 0 Å². The number of pyridine rings is 1. The molecule has 0 amide bonds. The Morgan fingerprint density at radius 3 is 2.80 bits per heavy atom. The van der Waals surface area contributed by atoms with E-state index in [0.29, 0.717) is 0 Å². The smallest absolute Gasteiger partial charge is 0.126 e. The molecule has 0 atom stereocenters. The van der Waals surface area contributed by atoms with Crippen molar-refractivity contribution in [3.63, 3.8) is 0 Å². The zero-order valence-electron chi connectivity index (χ0n) is 9.95. The summed E-state index contributed by atoms with van der Waals surface area (Å²) in [6, 6.07) is 6.14. The molecular weight excluding hydrogens is 186 g/mol. The van der Waals surface area contributed by atoms with Gasteiger partial charge < -0.3 is 10.2 Å². The molecule has 1 heterocycles. The molecule has 1 rings (SSSR count). The fourth-order valence-corrected chi connectivity index (χ4v) is 1.58. The highest BCUT2D eigenvalue weighted by atomic mass is 15.1. The van der Waals surface area contributed by atoms with Crippen LogP contribution in [0.5, 0.6) is 0 Å². The fourth-order valence-electron chi connectivity index (χ4n) is 1.58. The summed E-state index contributed by atoms with van der Waals surface area (Å²) in [6.45, 7) is 7.23. The van der Waals surface area contributed by atoms with Crippen molar-refractivity contribution in [2.75, 3.05) is 25.5 Å². The Hall–Kier alpha value is -1.09. The summed E-state index contributed by atoms with van der Waals surface area (Å²) in [5.74, 6) is 0.972. The van der Waals surface area contributed by atoms with Crippen molar-refractivity contribution in [2.24, 2.45) is 0 Å². The molecule has 0 saturated heterocycles. The van der Waals surface area contributed by atoms with Gasteiger partial charge >= 0.3 is 0 Å². The lowest BCUT2D eigenvalue weighted by Crippen LogP contribution is -2.19. The Bertz CT molecular complexity index is 286. The third-order valence-corrected chi connectivity index (χ3v) is 2.20. The number of hydrogen-bond acceptors (Lipinski definition) is 3. The topological polar surface area (TPSA) is 28.2 Å². The van der Waals surface area contributed by atoms with E-state index < -0.39 is 0 Å². The minimum absolute atomic E-state index is 0.918. The van der Waals surface area contributed by atoms with Crippen LogP contribution in [0.25, 0.3) is 0 Å². The standard InChI is InChI=1S/C12H21N3/c1-4-9-15(3)10-11-7-6-8-12(14-11)13-5-2/h6-8H,4-5,9-10H2,1-3H3,(H,13,14). The summed E-state index contributed by atoms with van der Waals surface area (Å²) in [7, 11) is 2.13. The van der Waals surface area contributed by atoms with Crippen molar-refractivity contribution in [1.82, 2.24) is 9.88 Å². The maximum atomic E-state index is 4.53. The van der Waals surface area contributed by atoms with Gasteiger partial charge in [-0.3, -0.25) is 0 Å². The second kappa shape index (κ2) is 6.40. The number of rotatable bonds is 6. The normalized spacial score (nSPS) is 10.7. The number of aromatic nitrogens is 1. The third-order valence-electron chi connectivity index (χ3n) is 2.20. The highest BCUT2D eigenvalue weighted by Gasteiger charge is 2.00. The molecular formula is C12H21N3. The molecule has 0 aliphatic carbocycles. The average Bonchev–Trinajstić information content (AvgIpc) is 2.19. The molecule has 0 aromatic carbocycles. The lowest BCUT2D eigenvalue weighted by Gasteiger charge is -2.15. The Balaban J connectivity index is 2.56. The summed E-state index contributed by atoms with van der Waals surface area (Å²) in [6.07, 6.45) is 1.18. The van der Waals surface area contributed by atoms with Crippen LogP contribution in [-0.4, -0.2) is 30.0 Å². The van der Waals surface area contributed by atoms with Gasteiger partial charge in [-0.2, -0.15) is 0 Å². The Morgan fingerprint density at radius 2 is 2.13 bits per heavy atom. The maximum absolute atomic E-state index is 4.53. The lowest BCUT2D eigenvalue weighted by atomic mass is 10.3. The van der Waals surface area contributed by atoms with Crippen LogP contribution in [0.3, 0.4) is 0 Å². The van der Waals surface area contributed by atoms with Gasteiger partial charge in [-0.25, -0.2) is 4.98 Å². The van der Waals surface area contributed by atoms with Crippen molar-refractivity contribution in [3.8, 4) is 0 Å². The molecule has 0 radical (unpaired) electrons. The first-order chi connectivity index (χ1) is 7.26. The number of hydrogen-bond donors (Lipinski definition) is 1. The van der Waals surface area contributed by atoms with Gasteiger partial charge in [0.2, 0.25) is 0 Å². The molecule has 1 aromatic heterocycles. The minimum atomic E-state index is 0.918. The van der Waals surface area contributed by atoms with Crippen molar-refractivity contribution in [3.05, 3.63) is 23.9 Å². The minimum Gasteiger partial charge on any atom is -0.370 e. The summed E-state index contributed by atoms with van der Waals surface area (Å²) >= 11 is 0. The predicted octanol–water partition coefficient (Wildman–Crippen LogP) is 2.36. The molecule has 84 valence electrons. The Labute approximate surface area is 92.5 Å². The first-order valence-electron chi connectivity index (χ1n) is 5.64. The number of anilines is 1. The zero-order valence-corrected chi connectivity index (χ0v) is 9.95. The van der Waals surface area contributed by atoms with Crippen LogP contribution < -0.4 is 5.32 Å². The van der Waals surface area contributed by atoms with Gasteiger partial charge in [0.25, 0.3) is 0 Å². The molecule has 1 N–H and O–H groups in total. The van der Waals surface area contributed by atoms with Gasteiger partial charge in [-0.1, -0.05) is 13.0 Å². The van der Waals surface area contributed by atoms with Gasteiger partial charge in [0.05, 0.1) is 5.69 Å². The van der Waals surface area contributed by atoms with Gasteiger partial charge in [-0.05, 0) is 39.1 Å². The summed E-state index contributed by atoms with van der Waals surface area (Å²) < 4.78 is 0. The molecule has 0 aliphatic heterocycles. The summed E-state index contributed by atoms with van der Waals surface area (Å²) in [4.78, 5) is 6.82. The quantitative estimate of drug-likeness (QED) is 0.776. The van der Waals surface area contributed by atoms with Crippen LogP contribution in [-0.2, 0) is 6.54 Å². The van der Waals surface area contributed by atoms with E-state index in [-0.39, 0.29) is 0 Å². The van der Waals surface area contributed by atoms with Crippen LogP contribution >= 0.6 is 0 Å². The van der Waals surface area contributed by atoms with Crippen LogP contribution in [0.1, 0.15) is 26.0 Å². The lowest BCUT2D eigenvalue weighted by molar-refractivity contribution is 0.324. The molecule has 0 bridgehead atoms. The van der Waals surface area contributed by atoms with E-state index in [0.717, 1.165) is 31.1 Å². The van der Waals surface area contributed by atoms with Crippen LogP contribution in [0, 0.1) is 0 Å². The molecule has 0 unspecified atom stereocenters. The first kappa shape index (κ1) is 12.0. The summed E-state index contributed by atoms with van der Waals surface area (Å²) in [5.41, 5.74) is 1.13. The molecule has 1 aromatic rings. The predicted molar refractivity (Wildman–Crippen MR) is 65.0 cm³/mol. The molecule has 0 saturated carbocycles. The van der Waals surface area contributed by atoms with E-state index in [2.05, 4.69) is 48.2 Å². The Kier molecular flexibility index (Phi) is 5.12. The van der Waals surface area contributed by atoms with Crippen molar-refractivity contribution >= 4 is 5.82 Å². The molecule has 0 spiro atoms. The van der Waals surface area contributed by atoms with E-state index in [1.54, 1.807) is 0 Å². The van der Waals surface area contributed by atoms with E-state index in [4.69, 9.17) is 0 Å². The highest BCUT2D eigenvalue weighted by Crippen LogP contribution is 2.06. The summed E-state index contributed by atoms with van der Waals surface area (Å²) in [5, 5.41) is 3.22. The van der Waals surface area contributed by atoms with E-state index in [1.165, 1.54) is 6.42 Å². The third kappa shape index (κ3) is 4.30. The average molecular weight is 207 g/mol. The van der Waals surface area contributed by atoms with Crippen molar-refractivity contribution in [2.45, 2.75) is 26.8 Å². The number of nitrogens with zero attached hydrogens (tertiary/aromatic N) is 2. The molecule has 15 heavy (non-hydrogen) atoms. The largest absolute Gasteiger partial charge is 0.370 e. The molecule has 3 heteroatoms. The molecule has 0 aliphatic rings. The second-order valence-corrected chi connectivity index (χ2v) is 3.78. The number of nitrogens with one attached hydrogen (secondary N) is 1. The van der Waals surface area contributed by atoms with Gasteiger partial charge in [0.15, 0.2) is 0 Å². The van der Waals surface area contributed by atoms with Crippen LogP contribution in [0.15, 0.2) is 18.2 Å². The SMILES string of the molecule is CCCN(C)Cc1cccc(NCC)n1. The Morgan fingerprint density at radius 1 is 1.33 bits per heavy atom. The first-order valence-corrected chi connectivity index (χ1v) is 5.64. The van der Waals surface area contributed by atoms with E-state index in [1.807, 2.05) is 6.07 Å². The monoisotopic (exact) mass is 207 g/mol. The fraction of sp³-hybridized carbons (Fsp3) is 0.583. The van der Waals surface area contributed by atoms with Crippen LogP contribution in [0.4, 0.5) is 5.82 Å². The maximum Gasteiger partial charge on any atom is 0.126 e.